The van der Waals surface area contributed by atoms with Gasteiger partial charge in [-0.1, -0.05) is 109 Å². The maximum atomic E-state index is 2.43. The topological polar surface area (TPSA) is 3.24 Å². The van der Waals surface area contributed by atoms with Gasteiger partial charge < -0.3 is 4.90 Å². The van der Waals surface area contributed by atoms with Crippen LogP contribution in [0, 0.1) is 0 Å². The molecule has 0 aliphatic carbocycles. The van der Waals surface area contributed by atoms with Crippen LogP contribution >= 0.6 is 11.3 Å². The lowest BCUT2D eigenvalue weighted by molar-refractivity contribution is 1.30. The minimum absolute atomic E-state index is 1.14. The Kier molecular flexibility index (Phi) is 5.39. The van der Waals surface area contributed by atoms with Gasteiger partial charge in [0.15, 0.2) is 0 Å². The SMILES string of the molecule is c1ccc(N(c2ccc3ccccc3c2-c2ccc3sc4ccccc4c3c2)c2cccc3ccccc23)cc1. The summed E-state index contributed by atoms with van der Waals surface area (Å²) < 4.78 is 2.65. The van der Waals surface area contributed by atoms with Crippen LogP contribution in [0.3, 0.4) is 0 Å². The highest BCUT2D eigenvalue weighted by Gasteiger charge is 2.21. The fourth-order valence-electron chi connectivity index (χ4n) is 6.02. The third-order valence-corrected chi connectivity index (χ3v) is 8.99. The molecule has 2 heteroatoms. The van der Waals surface area contributed by atoms with Gasteiger partial charge >= 0.3 is 0 Å². The van der Waals surface area contributed by atoms with E-state index in [1.54, 1.807) is 0 Å². The number of nitrogens with zero attached hydrogens (tertiary/aromatic N) is 1. The average Bonchev–Trinajstić information content (AvgIpc) is 3.40. The van der Waals surface area contributed by atoms with Crippen molar-refractivity contribution in [2.24, 2.45) is 0 Å². The third kappa shape index (κ3) is 3.69. The first-order valence-electron chi connectivity index (χ1n) is 13.6. The Morgan fingerprint density at radius 2 is 1.05 bits per heavy atom. The van der Waals surface area contributed by atoms with Crippen molar-refractivity contribution in [1.82, 2.24) is 0 Å². The lowest BCUT2D eigenvalue weighted by atomic mass is 9.93. The van der Waals surface area contributed by atoms with Crippen molar-refractivity contribution in [2.45, 2.75) is 0 Å². The zero-order valence-electron chi connectivity index (χ0n) is 21.8. The number of hydrogen-bond donors (Lipinski definition) is 0. The fraction of sp³-hybridized carbons (Fsp3) is 0. The molecule has 1 nitrogen and oxygen atoms in total. The summed E-state index contributed by atoms with van der Waals surface area (Å²) in [6.45, 7) is 0. The molecule has 0 spiro atoms. The van der Waals surface area contributed by atoms with E-state index in [-0.39, 0.29) is 0 Å². The molecule has 1 aromatic heterocycles. The summed E-state index contributed by atoms with van der Waals surface area (Å²) in [5, 5.41) is 7.58. The van der Waals surface area contributed by atoms with Crippen molar-refractivity contribution in [3.8, 4) is 11.1 Å². The Balaban J connectivity index is 1.47. The molecule has 0 amide bonds. The molecule has 0 radical (unpaired) electrons. The summed E-state index contributed by atoms with van der Waals surface area (Å²) in [7, 11) is 0. The van der Waals surface area contributed by atoms with E-state index in [0.717, 1.165) is 5.69 Å². The number of anilines is 3. The Bertz CT molecular complexity index is 2170. The minimum atomic E-state index is 1.14. The van der Waals surface area contributed by atoms with Gasteiger partial charge in [-0.15, -0.1) is 11.3 Å². The quantitative estimate of drug-likeness (QED) is 0.220. The van der Waals surface area contributed by atoms with Gasteiger partial charge in [-0.25, -0.2) is 0 Å². The lowest BCUT2D eigenvalue weighted by Crippen LogP contribution is -2.12. The standard InChI is InChI=1S/C38H25NS/c1-2-14-29(15-3-1)39(34-19-10-13-26-11-4-6-16-30(26)34)35-23-21-27-12-5-7-17-31(27)38(35)28-22-24-37-33(25-28)32-18-8-9-20-36(32)40-37/h1-25H. The van der Waals surface area contributed by atoms with Crippen molar-refractivity contribution in [2.75, 3.05) is 4.90 Å². The number of hydrogen-bond acceptors (Lipinski definition) is 2. The van der Waals surface area contributed by atoms with Crippen molar-refractivity contribution < 1.29 is 0 Å². The molecular formula is C38H25NS. The molecule has 0 aliphatic rings. The number of rotatable bonds is 4. The van der Waals surface area contributed by atoms with E-state index < -0.39 is 0 Å². The van der Waals surface area contributed by atoms with Crippen molar-refractivity contribution in [3.63, 3.8) is 0 Å². The molecule has 0 N–H and O–H groups in total. The van der Waals surface area contributed by atoms with Gasteiger partial charge in [-0.05, 0) is 64.2 Å². The summed E-state index contributed by atoms with van der Waals surface area (Å²) in [5.41, 5.74) is 5.94. The molecule has 0 saturated carbocycles. The average molecular weight is 528 g/mol. The van der Waals surface area contributed by atoms with Gasteiger partial charge in [0.1, 0.15) is 0 Å². The molecule has 0 aliphatic heterocycles. The monoisotopic (exact) mass is 527 g/mol. The predicted molar refractivity (Wildman–Crippen MR) is 174 cm³/mol. The van der Waals surface area contributed by atoms with Crippen LogP contribution in [0.5, 0.6) is 0 Å². The smallest absolute Gasteiger partial charge is 0.0546 e. The Morgan fingerprint density at radius 1 is 0.400 bits per heavy atom. The summed E-state index contributed by atoms with van der Waals surface area (Å²) in [6, 6.07) is 55.0. The van der Waals surface area contributed by atoms with Crippen molar-refractivity contribution in [1.29, 1.82) is 0 Å². The number of fused-ring (bicyclic) bond motifs is 5. The summed E-state index contributed by atoms with van der Waals surface area (Å²) in [5.74, 6) is 0. The highest BCUT2D eigenvalue weighted by molar-refractivity contribution is 7.25. The van der Waals surface area contributed by atoms with Gasteiger partial charge in [0.2, 0.25) is 0 Å². The second kappa shape index (κ2) is 9.37. The van der Waals surface area contributed by atoms with E-state index in [2.05, 4.69) is 157 Å². The van der Waals surface area contributed by atoms with Crippen LogP contribution in [0.2, 0.25) is 0 Å². The second-order valence-electron chi connectivity index (χ2n) is 10.2. The predicted octanol–water partition coefficient (Wildman–Crippen LogP) is 11.5. The van der Waals surface area contributed by atoms with E-state index in [4.69, 9.17) is 0 Å². The summed E-state index contributed by atoms with van der Waals surface area (Å²) in [4.78, 5) is 2.43. The molecule has 0 saturated heterocycles. The van der Waals surface area contributed by atoms with Crippen molar-refractivity contribution >= 4 is 70.1 Å². The fourth-order valence-corrected chi connectivity index (χ4v) is 7.11. The number of thiophene rings is 1. The molecule has 0 bridgehead atoms. The van der Waals surface area contributed by atoms with Crippen LogP contribution in [-0.2, 0) is 0 Å². The molecule has 8 aromatic rings. The maximum Gasteiger partial charge on any atom is 0.0546 e. The van der Waals surface area contributed by atoms with Crippen LogP contribution in [-0.4, -0.2) is 0 Å². The van der Waals surface area contributed by atoms with Gasteiger partial charge in [-0.3, -0.25) is 0 Å². The van der Waals surface area contributed by atoms with Gasteiger partial charge in [-0.2, -0.15) is 0 Å². The highest BCUT2D eigenvalue weighted by Crippen LogP contribution is 2.47. The molecular weight excluding hydrogens is 502 g/mol. The first kappa shape index (κ1) is 23.0. The largest absolute Gasteiger partial charge is 0.309 e. The van der Waals surface area contributed by atoms with Crippen LogP contribution < -0.4 is 4.90 Å². The first-order valence-corrected chi connectivity index (χ1v) is 14.4. The molecule has 1 heterocycles. The first-order chi connectivity index (χ1) is 19.8. The van der Waals surface area contributed by atoms with Gasteiger partial charge in [0.25, 0.3) is 0 Å². The van der Waals surface area contributed by atoms with Crippen molar-refractivity contribution in [3.05, 3.63) is 152 Å². The highest BCUT2D eigenvalue weighted by atomic mass is 32.1. The third-order valence-electron chi connectivity index (χ3n) is 7.84. The van der Waals surface area contributed by atoms with E-state index in [1.807, 2.05) is 11.3 Å². The maximum absolute atomic E-state index is 2.43. The van der Waals surface area contributed by atoms with E-state index in [1.165, 1.54) is 64.2 Å². The summed E-state index contributed by atoms with van der Waals surface area (Å²) >= 11 is 1.86. The lowest BCUT2D eigenvalue weighted by Gasteiger charge is -2.29. The van der Waals surface area contributed by atoms with Crippen LogP contribution in [0.25, 0.3) is 52.8 Å². The summed E-state index contributed by atoms with van der Waals surface area (Å²) in [6.07, 6.45) is 0. The molecule has 0 unspecified atom stereocenters. The Morgan fingerprint density at radius 3 is 1.90 bits per heavy atom. The molecule has 188 valence electrons. The molecule has 40 heavy (non-hydrogen) atoms. The molecule has 7 aromatic carbocycles. The van der Waals surface area contributed by atoms with Crippen LogP contribution in [0.1, 0.15) is 0 Å². The van der Waals surface area contributed by atoms with E-state index in [0.29, 0.717) is 0 Å². The van der Waals surface area contributed by atoms with Gasteiger partial charge in [0, 0.05) is 36.8 Å². The molecule has 0 atom stereocenters. The zero-order valence-corrected chi connectivity index (χ0v) is 22.6. The molecule has 0 fully saturated rings. The normalized spacial score (nSPS) is 11.5. The number of benzene rings is 7. The Hall–Kier alpha value is -4.92. The van der Waals surface area contributed by atoms with Gasteiger partial charge in [0.05, 0.1) is 11.4 Å². The van der Waals surface area contributed by atoms with E-state index in [9.17, 15) is 0 Å². The zero-order chi connectivity index (χ0) is 26.5. The second-order valence-corrected chi connectivity index (χ2v) is 11.2. The van der Waals surface area contributed by atoms with Crippen LogP contribution in [0.15, 0.2) is 152 Å². The van der Waals surface area contributed by atoms with Crippen LogP contribution in [0.4, 0.5) is 17.1 Å². The van der Waals surface area contributed by atoms with E-state index >= 15 is 0 Å². The Labute approximate surface area is 237 Å². The minimum Gasteiger partial charge on any atom is -0.309 e. The molecule has 8 rings (SSSR count). The number of para-hydroxylation sites is 1.